The second-order valence-electron chi connectivity index (χ2n) is 6.23. The number of piperidine rings is 1. The summed E-state index contributed by atoms with van der Waals surface area (Å²) >= 11 is 0. The van der Waals surface area contributed by atoms with E-state index in [2.05, 4.69) is 0 Å². The lowest BCUT2D eigenvalue weighted by atomic mass is 9.75. The van der Waals surface area contributed by atoms with Gasteiger partial charge < -0.3 is 4.90 Å². The van der Waals surface area contributed by atoms with Gasteiger partial charge in [-0.1, -0.05) is 19.3 Å². The van der Waals surface area contributed by atoms with Crippen LogP contribution in [0.2, 0.25) is 0 Å². The fourth-order valence-electron chi connectivity index (χ4n) is 3.86. The average Bonchev–Trinajstić information content (AvgIpc) is 2.53. The standard InChI is InChI=1S/C15H19N3O4/c19-17(20)13-5-6-14(15(9-13)18(21)22)16-8-7-11-3-1-2-4-12(11)10-16/h5-6,9,11-12H,1-4,7-8,10H2/t11-,12-/m1/s1. The summed E-state index contributed by atoms with van der Waals surface area (Å²) in [5, 5.41) is 22.1. The Bertz CT molecular complexity index is 604. The molecule has 7 nitrogen and oxygen atoms in total. The molecule has 3 rings (SSSR count). The number of nitro groups is 2. The van der Waals surface area contributed by atoms with Gasteiger partial charge in [-0.2, -0.15) is 0 Å². The SMILES string of the molecule is O=[N+]([O-])c1ccc(N2CC[C@H]3CCCC[C@@H]3C2)c([N+](=O)[O-])c1. The molecule has 2 atom stereocenters. The molecule has 0 radical (unpaired) electrons. The Labute approximate surface area is 128 Å². The molecule has 0 N–H and O–H groups in total. The molecule has 1 saturated heterocycles. The summed E-state index contributed by atoms with van der Waals surface area (Å²) in [6.07, 6.45) is 6.03. The Balaban J connectivity index is 1.87. The van der Waals surface area contributed by atoms with Crippen LogP contribution in [0.4, 0.5) is 17.1 Å². The van der Waals surface area contributed by atoms with Crippen molar-refractivity contribution < 1.29 is 9.85 Å². The van der Waals surface area contributed by atoms with Gasteiger partial charge in [-0.15, -0.1) is 0 Å². The molecule has 1 aromatic carbocycles. The van der Waals surface area contributed by atoms with E-state index in [1.165, 1.54) is 37.8 Å². The van der Waals surface area contributed by atoms with Crippen molar-refractivity contribution >= 4 is 17.1 Å². The Morgan fingerprint density at radius 2 is 1.73 bits per heavy atom. The van der Waals surface area contributed by atoms with Crippen molar-refractivity contribution in [2.45, 2.75) is 32.1 Å². The lowest BCUT2D eigenvalue weighted by molar-refractivity contribution is -0.393. The predicted molar refractivity (Wildman–Crippen MR) is 82.0 cm³/mol. The van der Waals surface area contributed by atoms with Gasteiger partial charge in [-0.05, 0) is 30.7 Å². The van der Waals surface area contributed by atoms with Crippen molar-refractivity contribution in [1.29, 1.82) is 0 Å². The Hall–Kier alpha value is -2.18. The minimum Gasteiger partial charge on any atom is -0.366 e. The summed E-state index contributed by atoms with van der Waals surface area (Å²) in [5.41, 5.74) is 0.117. The number of nitrogens with zero attached hydrogens (tertiary/aromatic N) is 3. The number of nitro benzene ring substituents is 2. The van der Waals surface area contributed by atoms with E-state index < -0.39 is 9.85 Å². The zero-order valence-corrected chi connectivity index (χ0v) is 12.3. The molecule has 2 fully saturated rings. The van der Waals surface area contributed by atoms with Crippen molar-refractivity contribution in [1.82, 2.24) is 0 Å². The summed E-state index contributed by atoms with van der Waals surface area (Å²) < 4.78 is 0. The minimum absolute atomic E-state index is 0.163. The highest BCUT2D eigenvalue weighted by Gasteiger charge is 2.33. The van der Waals surface area contributed by atoms with Crippen molar-refractivity contribution in [3.63, 3.8) is 0 Å². The zero-order valence-electron chi connectivity index (χ0n) is 12.3. The van der Waals surface area contributed by atoms with Gasteiger partial charge in [0, 0.05) is 19.2 Å². The third kappa shape index (κ3) is 2.75. The second kappa shape index (κ2) is 5.90. The molecule has 0 amide bonds. The largest absolute Gasteiger partial charge is 0.366 e. The highest BCUT2D eigenvalue weighted by atomic mass is 16.6. The molecular formula is C15H19N3O4. The van der Waals surface area contributed by atoms with E-state index in [0.717, 1.165) is 31.5 Å². The normalized spacial score (nSPS) is 24.6. The number of hydrogen-bond acceptors (Lipinski definition) is 5. The number of fused-ring (bicyclic) bond motifs is 1. The van der Waals surface area contributed by atoms with E-state index in [1.807, 2.05) is 4.90 Å². The van der Waals surface area contributed by atoms with Crippen molar-refractivity contribution in [2.24, 2.45) is 11.8 Å². The van der Waals surface area contributed by atoms with Gasteiger partial charge in [0.05, 0.1) is 15.9 Å². The predicted octanol–water partition coefficient (Wildman–Crippen LogP) is 3.52. The van der Waals surface area contributed by atoms with Crippen LogP contribution in [0, 0.1) is 32.1 Å². The molecule has 0 unspecified atom stereocenters. The van der Waals surface area contributed by atoms with Crippen LogP contribution in [-0.2, 0) is 0 Å². The molecule has 1 heterocycles. The zero-order chi connectivity index (χ0) is 15.7. The van der Waals surface area contributed by atoms with Crippen molar-refractivity contribution in [2.75, 3.05) is 18.0 Å². The lowest BCUT2D eigenvalue weighted by Gasteiger charge is -2.42. The molecule has 1 aliphatic heterocycles. The van der Waals surface area contributed by atoms with E-state index >= 15 is 0 Å². The third-order valence-electron chi connectivity index (χ3n) is 5.00. The minimum atomic E-state index is -0.593. The van der Waals surface area contributed by atoms with Crippen LogP contribution in [0.25, 0.3) is 0 Å². The monoisotopic (exact) mass is 305 g/mol. The fourth-order valence-corrected chi connectivity index (χ4v) is 3.86. The number of rotatable bonds is 3. The first-order valence-electron chi connectivity index (χ1n) is 7.74. The molecule has 0 bridgehead atoms. The topological polar surface area (TPSA) is 89.5 Å². The van der Waals surface area contributed by atoms with Gasteiger partial charge in [0.2, 0.25) is 0 Å². The summed E-state index contributed by atoms with van der Waals surface area (Å²) in [5.74, 6) is 1.33. The Morgan fingerprint density at radius 1 is 1.00 bits per heavy atom. The molecule has 0 spiro atoms. The van der Waals surface area contributed by atoms with E-state index in [-0.39, 0.29) is 11.4 Å². The summed E-state index contributed by atoms with van der Waals surface area (Å²) in [6, 6.07) is 3.96. The number of anilines is 1. The molecule has 1 aliphatic carbocycles. The molecule has 0 aromatic heterocycles. The molecule has 118 valence electrons. The van der Waals surface area contributed by atoms with Crippen molar-refractivity contribution in [3.05, 3.63) is 38.4 Å². The van der Waals surface area contributed by atoms with E-state index in [9.17, 15) is 20.2 Å². The second-order valence-corrected chi connectivity index (χ2v) is 6.23. The average molecular weight is 305 g/mol. The van der Waals surface area contributed by atoms with Crippen LogP contribution in [-0.4, -0.2) is 22.9 Å². The van der Waals surface area contributed by atoms with Crippen molar-refractivity contribution in [3.8, 4) is 0 Å². The van der Waals surface area contributed by atoms with Gasteiger partial charge >= 0.3 is 0 Å². The first-order chi connectivity index (χ1) is 10.6. The quantitative estimate of drug-likeness (QED) is 0.629. The van der Waals surface area contributed by atoms with Crippen LogP contribution in [0.1, 0.15) is 32.1 Å². The highest BCUT2D eigenvalue weighted by Crippen LogP contribution is 2.40. The third-order valence-corrected chi connectivity index (χ3v) is 5.00. The van der Waals surface area contributed by atoms with Crippen LogP contribution in [0.3, 0.4) is 0 Å². The molecule has 22 heavy (non-hydrogen) atoms. The smallest absolute Gasteiger partial charge is 0.299 e. The molecule has 1 aromatic rings. The lowest BCUT2D eigenvalue weighted by Crippen LogP contribution is -2.42. The number of hydrogen-bond donors (Lipinski definition) is 0. The summed E-state index contributed by atoms with van der Waals surface area (Å²) in [6.45, 7) is 1.61. The van der Waals surface area contributed by atoms with E-state index in [1.54, 1.807) is 0 Å². The maximum Gasteiger partial charge on any atom is 0.299 e. The Morgan fingerprint density at radius 3 is 2.41 bits per heavy atom. The highest BCUT2D eigenvalue weighted by molar-refractivity contribution is 5.67. The first-order valence-corrected chi connectivity index (χ1v) is 7.74. The van der Waals surface area contributed by atoms with E-state index in [0.29, 0.717) is 11.6 Å². The van der Waals surface area contributed by atoms with Crippen LogP contribution in [0.5, 0.6) is 0 Å². The number of non-ortho nitro benzene ring substituents is 1. The van der Waals surface area contributed by atoms with E-state index in [4.69, 9.17) is 0 Å². The van der Waals surface area contributed by atoms with Crippen LogP contribution < -0.4 is 4.90 Å². The molecular weight excluding hydrogens is 286 g/mol. The van der Waals surface area contributed by atoms with Gasteiger partial charge in [-0.3, -0.25) is 20.2 Å². The Kier molecular flexibility index (Phi) is 3.96. The summed E-state index contributed by atoms with van der Waals surface area (Å²) in [7, 11) is 0. The maximum absolute atomic E-state index is 11.3. The van der Waals surface area contributed by atoms with Gasteiger partial charge in [0.1, 0.15) is 5.69 Å². The van der Waals surface area contributed by atoms with Crippen LogP contribution in [0.15, 0.2) is 18.2 Å². The fraction of sp³-hybridized carbons (Fsp3) is 0.600. The first kappa shape index (κ1) is 14.7. The van der Waals surface area contributed by atoms with Gasteiger partial charge in [0.15, 0.2) is 0 Å². The van der Waals surface area contributed by atoms with Gasteiger partial charge in [-0.25, -0.2) is 0 Å². The summed E-state index contributed by atoms with van der Waals surface area (Å²) in [4.78, 5) is 23.0. The maximum atomic E-state index is 11.3. The van der Waals surface area contributed by atoms with Gasteiger partial charge in [0.25, 0.3) is 11.4 Å². The molecule has 2 aliphatic rings. The van der Waals surface area contributed by atoms with Crippen LogP contribution >= 0.6 is 0 Å². The number of benzene rings is 1. The molecule has 1 saturated carbocycles. The molecule has 7 heteroatoms.